The number of benzene rings is 4. The van der Waals surface area contributed by atoms with Gasteiger partial charge in [0.1, 0.15) is 11.6 Å². The maximum Gasteiger partial charge on any atom is 0.308 e. The molecule has 0 amide bonds. The number of hydrogen-bond donors (Lipinski definition) is 0. The largest absolute Gasteiger partial charge is 0.469 e. The smallest absolute Gasteiger partial charge is 0.308 e. The summed E-state index contributed by atoms with van der Waals surface area (Å²) in [5.41, 5.74) is 1.77. The zero-order valence-electron chi connectivity index (χ0n) is 34.8. The normalized spacial score (nSPS) is 13.8. The van der Waals surface area contributed by atoms with E-state index in [1.165, 1.54) is 49.7 Å². The molecule has 0 saturated heterocycles. The maximum atomic E-state index is 15.9. The van der Waals surface area contributed by atoms with Crippen molar-refractivity contribution < 1.29 is 39.9 Å². The van der Waals surface area contributed by atoms with Crippen LogP contribution in [0.4, 0.5) is 8.78 Å². The summed E-state index contributed by atoms with van der Waals surface area (Å²) in [7, 11) is -6.14. The Labute approximate surface area is 364 Å². The van der Waals surface area contributed by atoms with E-state index in [4.69, 9.17) is 14.6 Å². The molecule has 0 N–H and O–H groups in total. The first-order valence-electron chi connectivity index (χ1n) is 19.6. The van der Waals surface area contributed by atoms with Crippen molar-refractivity contribution in [2.24, 2.45) is 11.3 Å². The molecule has 0 bridgehead atoms. The van der Waals surface area contributed by atoms with Gasteiger partial charge in [-0.2, -0.15) is 5.10 Å². The molecule has 0 radical (unpaired) electrons. The molecule has 0 fully saturated rings. The summed E-state index contributed by atoms with van der Waals surface area (Å²) in [4.78, 5) is 12.3. The van der Waals surface area contributed by atoms with Crippen molar-refractivity contribution in [1.82, 2.24) is 13.8 Å². The van der Waals surface area contributed by atoms with E-state index in [0.29, 0.717) is 31.1 Å². The number of esters is 1. The number of rotatable bonds is 17. The average molecular weight is 937 g/mol. The first-order chi connectivity index (χ1) is 28.7. The van der Waals surface area contributed by atoms with E-state index in [1.54, 1.807) is 36.0 Å². The second-order valence-corrected chi connectivity index (χ2v) is 20.9. The van der Waals surface area contributed by atoms with Gasteiger partial charge in [0.25, 0.3) is 10.0 Å². The summed E-state index contributed by atoms with van der Waals surface area (Å²) in [6, 6.07) is 22.4. The average Bonchev–Trinajstić information content (AvgIpc) is 3.89. The van der Waals surface area contributed by atoms with Gasteiger partial charge >= 0.3 is 5.97 Å². The number of fused-ring (bicyclic) bond motifs is 1. The van der Waals surface area contributed by atoms with Crippen LogP contribution in [0.5, 0.6) is 11.5 Å². The van der Waals surface area contributed by atoms with Gasteiger partial charge in [0.2, 0.25) is 0 Å². The molecule has 61 heavy (non-hydrogen) atoms. The molecule has 4 aromatic carbocycles. The highest BCUT2D eigenvalue weighted by atomic mass is 79.9. The van der Waals surface area contributed by atoms with Crippen LogP contribution in [0.15, 0.2) is 119 Å². The zero-order valence-corrected chi connectivity index (χ0v) is 38.0. The lowest BCUT2D eigenvalue weighted by Gasteiger charge is -2.33. The van der Waals surface area contributed by atoms with Gasteiger partial charge in [0.05, 0.1) is 44.9 Å². The van der Waals surface area contributed by atoms with Crippen LogP contribution in [-0.2, 0) is 41.4 Å². The quantitative estimate of drug-likeness (QED) is 0.0828. The topological polar surface area (TPSA) is 127 Å². The Morgan fingerprint density at radius 2 is 1.66 bits per heavy atom. The van der Waals surface area contributed by atoms with E-state index in [9.17, 15) is 21.6 Å². The highest BCUT2D eigenvalue weighted by Crippen LogP contribution is 2.41. The van der Waals surface area contributed by atoms with Gasteiger partial charge in [-0.15, -0.1) is 0 Å². The second-order valence-electron chi connectivity index (χ2n) is 16.3. The summed E-state index contributed by atoms with van der Waals surface area (Å²) in [5.74, 6) is -2.34. The predicted octanol–water partition coefficient (Wildman–Crippen LogP) is 10.8. The van der Waals surface area contributed by atoms with Crippen molar-refractivity contribution in [2.75, 3.05) is 12.9 Å². The summed E-state index contributed by atoms with van der Waals surface area (Å²) < 4.78 is 97.4. The van der Waals surface area contributed by atoms with Crippen molar-refractivity contribution in [3.05, 3.63) is 142 Å². The van der Waals surface area contributed by atoms with Crippen LogP contribution in [0.2, 0.25) is 0 Å². The Balaban J connectivity index is 1.32. The molecule has 6 rings (SSSR count). The van der Waals surface area contributed by atoms with Crippen LogP contribution in [0.1, 0.15) is 63.6 Å². The predicted molar refractivity (Wildman–Crippen MR) is 237 cm³/mol. The minimum atomic E-state index is -4.05. The molecule has 0 aliphatic carbocycles. The Morgan fingerprint density at radius 3 is 2.34 bits per heavy atom. The number of aryl methyl sites for hydroxylation is 1. The molecular formula is C46H48BrF2N3O7S2. The van der Waals surface area contributed by atoms with Crippen LogP contribution < -0.4 is 4.74 Å². The second kappa shape index (κ2) is 17.7. The van der Waals surface area contributed by atoms with E-state index in [2.05, 4.69) is 22.5 Å². The van der Waals surface area contributed by atoms with E-state index in [0.717, 1.165) is 32.1 Å². The molecule has 2 atom stereocenters. The van der Waals surface area contributed by atoms with Crippen molar-refractivity contribution in [3.63, 3.8) is 0 Å². The Bertz CT molecular complexity index is 2840. The molecule has 10 nitrogen and oxygen atoms in total. The third-order valence-corrected chi connectivity index (χ3v) is 15.2. The van der Waals surface area contributed by atoms with Crippen molar-refractivity contribution in [1.29, 1.82) is 0 Å². The third kappa shape index (κ3) is 9.84. The summed E-state index contributed by atoms with van der Waals surface area (Å²) in [6.45, 7) is 12.9. The highest BCUT2D eigenvalue weighted by molar-refractivity contribution is 9.10. The van der Waals surface area contributed by atoms with Gasteiger partial charge in [0.15, 0.2) is 21.4 Å². The molecule has 15 heteroatoms. The van der Waals surface area contributed by atoms with Gasteiger partial charge < -0.3 is 9.47 Å². The molecule has 0 aliphatic rings. The molecule has 2 aromatic heterocycles. The fourth-order valence-corrected chi connectivity index (χ4v) is 10.9. The van der Waals surface area contributed by atoms with Gasteiger partial charge in [-0.1, -0.05) is 75.7 Å². The number of aromatic nitrogens is 3. The molecule has 0 aliphatic heterocycles. The number of carbonyl (C=O) groups is 1. The Morgan fingerprint density at radius 1 is 0.934 bits per heavy atom. The Kier molecular flexibility index (Phi) is 13.2. The zero-order chi connectivity index (χ0) is 44.5. The van der Waals surface area contributed by atoms with E-state index in [-0.39, 0.29) is 55.3 Å². The molecule has 0 spiro atoms. The maximum absolute atomic E-state index is 15.9. The number of ether oxygens (including phenoxy) is 2. The first-order valence-corrected chi connectivity index (χ1v) is 23.5. The lowest BCUT2D eigenvalue weighted by Crippen LogP contribution is -2.33. The molecule has 0 saturated carbocycles. The number of carbonyl (C=O) groups excluding carboxylic acids is 1. The standard InChI is InChI=1S/C46H48BrF2N3O7S2/c1-8-60(54,55)29-45(4,5)21-10-22-46(6,33-12-9-11-32(26-33)25-31(3)44(53)58-7)52-24-20-40(50-52)37-27-34(15-18-38(37)48)59-43-39(49)28-41-36(42(43)47)19-23-51(41)61(56,57)35-16-13-30(2)14-17-35/h8-9,11-20,23-24,26-28,31H,1,10,21-22,25,29H2,2-7H3/t31-,46?/m1/s1. The van der Waals surface area contributed by atoms with Crippen molar-refractivity contribution >= 4 is 52.7 Å². The van der Waals surface area contributed by atoms with Crippen molar-refractivity contribution in [3.8, 4) is 22.8 Å². The fraction of sp³-hybridized carbons (Fsp3) is 0.304. The third-order valence-electron chi connectivity index (χ3n) is 11.0. The van der Waals surface area contributed by atoms with Gasteiger partial charge in [-0.3, -0.25) is 9.48 Å². The molecular weight excluding hydrogens is 889 g/mol. The van der Waals surface area contributed by atoms with Crippen LogP contribution in [0, 0.1) is 29.9 Å². The van der Waals surface area contributed by atoms with E-state index < -0.39 is 42.4 Å². The van der Waals surface area contributed by atoms with Crippen LogP contribution >= 0.6 is 15.9 Å². The molecule has 322 valence electrons. The number of sulfone groups is 1. The van der Waals surface area contributed by atoms with Crippen molar-refractivity contribution in [2.45, 2.75) is 70.7 Å². The monoisotopic (exact) mass is 935 g/mol. The summed E-state index contributed by atoms with van der Waals surface area (Å²) in [6.07, 6.45) is 5.24. The fourth-order valence-electron chi connectivity index (χ4n) is 7.57. The van der Waals surface area contributed by atoms with Crippen LogP contribution in [0.25, 0.3) is 22.2 Å². The summed E-state index contributed by atoms with van der Waals surface area (Å²) in [5, 5.41) is 6.25. The lowest BCUT2D eigenvalue weighted by atomic mass is 9.82. The SMILES string of the molecule is C=CS(=O)(=O)CC(C)(C)CCCC(C)(c1cccc(C[C@@H](C)C(=O)OC)c1)n1ccc(-c2cc(Oc3c(F)cc4c(ccn4S(=O)(=O)c4ccc(C)cc4)c3Br)ccc2F)n1. The van der Waals surface area contributed by atoms with Gasteiger partial charge in [0, 0.05) is 34.8 Å². The molecule has 1 unspecified atom stereocenters. The number of nitrogens with zero attached hydrogens (tertiary/aromatic N) is 3. The molecule has 6 aromatic rings. The highest BCUT2D eigenvalue weighted by Gasteiger charge is 2.33. The number of halogens is 3. The van der Waals surface area contributed by atoms with Crippen LogP contribution in [-0.4, -0.2) is 49.4 Å². The van der Waals surface area contributed by atoms with E-state index >= 15 is 8.78 Å². The van der Waals surface area contributed by atoms with E-state index in [1.807, 2.05) is 52.0 Å². The summed E-state index contributed by atoms with van der Waals surface area (Å²) >= 11 is 3.42. The lowest BCUT2D eigenvalue weighted by molar-refractivity contribution is -0.144. The molecule has 2 heterocycles. The van der Waals surface area contributed by atoms with Gasteiger partial charge in [-0.25, -0.2) is 29.6 Å². The minimum absolute atomic E-state index is 0.0497. The number of methoxy groups -OCH3 is 1. The van der Waals surface area contributed by atoms with Crippen LogP contribution in [0.3, 0.4) is 0 Å². The number of hydrogen-bond acceptors (Lipinski definition) is 8. The minimum Gasteiger partial charge on any atom is -0.469 e. The van der Waals surface area contributed by atoms with Gasteiger partial charge in [-0.05, 0) is 108 Å². The Hall–Kier alpha value is -5.12. The first kappa shape index (κ1) is 45.4.